The number of amides is 1. The Balaban J connectivity index is 1.38. The Morgan fingerprint density at radius 2 is 1.97 bits per heavy atom. The molecule has 0 fully saturated rings. The summed E-state index contributed by atoms with van der Waals surface area (Å²) in [5, 5.41) is 7.03. The summed E-state index contributed by atoms with van der Waals surface area (Å²) >= 11 is 5.78. The third-order valence-electron chi connectivity index (χ3n) is 4.20. The van der Waals surface area contributed by atoms with Crippen molar-refractivity contribution >= 4 is 23.5 Å². The van der Waals surface area contributed by atoms with Crippen molar-refractivity contribution in [1.29, 1.82) is 0 Å². The van der Waals surface area contributed by atoms with Crippen molar-refractivity contribution in [1.82, 2.24) is 15.5 Å². The van der Waals surface area contributed by atoms with Crippen LogP contribution in [0.3, 0.4) is 0 Å². The van der Waals surface area contributed by atoms with Gasteiger partial charge < -0.3 is 14.6 Å². The number of carbonyl (C=O) groups excluding carboxylic acids is 2. The first-order valence-corrected chi connectivity index (χ1v) is 9.58. The van der Waals surface area contributed by atoms with Gasteiger partial charge in [-0.2, -0.15) is 4.98 Å². The molecule has 1 amide bonds. The number of esters is 1. The van der Waals surface area contributed by atoms with Gasteiger partial charge in [-0.3, -0.25) is 9.59 Å². The van der Waals surface area contributed by atoms with Crippen molar-refractivity contribution in [3.8, 4) is 11.4 Å². The lowest BCUT2D eigenvalue weighted by atomic mass is 10.1. The number of aryl methyl sites for hydroxylation is 1. The Labute approximate surface area is 177 Å². The Bertz CT molecular complexity index is 1040. The lowest BCUT2D eigenvalue weighted by Gasteiger charge is -2.05. The Morgan fingerprint density at radius 3 is 2.70 bits per heavy atom. The smallest absolute Gasteiger partial charge is 0.306 e. The number of carbonyl (C=O) groups is 2. The molecule has 0 radical (unpaired) electrons. The third kappa shape index (κ3) is 5.87. The molecule has 0 saturated carbocycles. The highest BCUT2D eigenvalue weighted by Crippen LogP contribution is 2.19. The fourth-order valence-corrected chi connectivity index (χ4v) is 2.64. The maximum atomic E-state index is 13.6. The summed E-state index contributed by atoms with van der Waals surface area (Å²) in [6.07, 6.45) is 0.529. The lowest BCUT2D eigenvalue weighted by Crippen LogP contribution is -2.24. The van der Waals surface area contributed by atoms with E-state index < -0.39 is 5.97 Å². The van der Waals surface area contributed by atoms with E-state index in [9.17, 15) is 14.0 Å². The molecule has 156 valence electrons. The van der Waals surface area contributed by atoms with Crippen molar-refractivity contribution in [2.45, 2.75) is 26.4 Å². The van der Waals surface area contributed by atoms with Crippen molar-refractivity contribution in [3.63, 3.8) is 0 Å². The molecule has 0 bridgehead atoms. The van der Waals surface area contributed by atoms with E-state index in [1.165, 1.54) is 6.07 Å². The lowest BCUT2D eigenvalue weighted by molar-refractivity contribution is -0.145. The molecule has 0 saturated heterocycles. The molecule has 1 aromatic heterocycles. The molecule has 0 aliphatic rings. The number of nitrogens with zero attached hydrogens (tertiary/aromatic N) is 2. The quantitative estimate of drug-likeness (QED) is 0.426. The number of ether oxygens (including phenoxy) is 1. The van der Waals surface area contributed by atoms with Crippen LogP contribution < -0.4 is 5.32 Å². The minimum absolute atomic E-state index is 0.107. The molecule has 1 heterocycles. The van der Waals surface area contributed by atoms with Crippen LogP contribution in [0.15, 0.2) is 47.0 Å². The molecule has 9 heteroatoms. The number of benzene rings is 2. The van der Waals surface area contributed by atoms with Gasteiger partial charge in [0.25, 0.3) is 11.8 Å². The number of rotatable bonds is 8. The highest BCUT2D eigenvalue weighted by molar-refractivity contribution is 6.30. The molecule has 1 N–H and O–H groups in total. The van der Waals surface area contributed by atoms with Gasteiger partial charge in [0.1, 0.15) is 5.82 Å². The molecule has 0 unspecified atom stereocenters. The molecule has 7 nitrogen and oxygen atoms in total. The van der Waals surface area contributed by atoms with Crippen LogP contribution >= 0.6 is 11.6 Å². The van der Waals surface area contributed by atoms with Gasteiger partial charge in [0.05, 0.1) is 0 Å². The maximum absolute atomic E-state index is 13.6. The maximum Gasteiger partial charge on any atom is 0.306 e. The van der Waals surface area contributed by atoms with Crippen molar-refractivity contribution in [2.75, 3.05) is 6.54 Å². The van der Waals surface area contributed by atoms with E-state index in [-0.39, 0.29) is 36.5 Å². The second-order valence-electron chi connectivity index (χ2n) is 6.50. The molecule has 3 rings (SSSR count). The zero-order chi connectivity index (χ0) is 21.5. The SMILES string of the molecule is Cc1ccc(-c2noc(COC(=O)CCCNC(=O)c3ccc(Cl)cc3)n2)cc1F. The van der Waals surface area contributed by atoms with Crippen LogP contribution in [0, 0.1) is 12.7 Å². The monoisotopic (exact) mass is 431 g/mol. The summed E-state index contributed by atoms with van der Waals surface area (Å²) < 4.78 is 23.8. The van der Waals surface area contributed by atoms with E-state index in [4.69, 9.17) is 20.9 Å². The van der Waals surface area contributed by atoms with Crippen LogP contribution in [-0.2, 0) is 16.1 Å². The summed E-state index contributed by atoms with van der Waals surface area (Å²) in [5.74, 6) is -0.753. The first-order chi connectivity index (χ1) is 14.4. The number of nitrogens with one attached hydrogen (secondary N) is 1. The molecular weight excluding hydrogens is 413 g/mol. The molecule has 0 aliphatic heterocycles. The Kier molecular flexibility index (Phi) is 7.13. The molecular formula is C21H19ClFN3O4. The van der Waals surface area contributed by atoms with Gasteiger partial charge in [-0.15, -0.1) is 0 Å². The topological polar surface area (TPSA) is 94.3 Å². The zero-order valence-corrected chi connectivity index (χ0v) is 16.9. The van der Waals surface area contributed by atoms with E-state index in [2.05, 4.69) is 15.5 Å². The van der Waals surface area contributed by atoms with E-state index in [1.54, 1.807) is 43.3 Å². The molecule has 2 aromatic carbocycles. The van der Waals surface area contributed by atoms with Crippen molar-refractivity contribution in [3.05, 3.63) is 70.3 Å². The third-order valence-corrected chi connectivity index (χ3v) is 4.46. The van der Waals surface area contributed by atoms with Crippen LogP contribution in [0.5, 0.6) is 0 Å². The minimum Gasteiger partial charge on any atom is -0.456 e. The zero-order valence-electron chi connectivity index (χ0n) is 16.2. The summed E-state index contributed by atoms with van der Waals surface area (Å²) in [6.45, 7) is 1.79. The van der Waals surface area contributed by atoms with Gasteiger partial charge in [-0.1, -0.05) is 28.9 Å². The van der Waals surface area contributed by atoms with Crippen LogP contribution in [0.4, 0.5) is 4.39 Å². The van der Waals surface area contributed by atoms with Gasteiger partial charge in [-0.05, 0) is 49.2 Å². The molecule has 0 atom stereocenters. The summed E-state index contributed by atoms with van der Waals surface area (Å²) in [6, 6.07) is 11.1. The second-order valence-corrected chi connectivity index (χ2v) is 6.94. The van der Waals surface area contributed by atoms with E-state index >= 15 is 0 Å². The first kappa shape index (κ1) is 21.4. The highest BCUT2D eigenvalue weighted by atomic mass is 35.5. The summed E-state index contributed by atoms with van der Waals surface area (Å²) in [5.41, 5.74) is 1.47. The second kappa shape index (κ2) is 9.98. The fourth-order valence-electron chi connectivity index (χ4n) is 2.52. The van der Waals surface area contributed by atoms with E-state index in [0.29, 0.717) is 34.7 Å². The fraction of sp³-hybridized carbons (Fsp3) is 0.238. The van der Waals surface area contributed by atoms with E-state index in [1.807, 2.05) is 0 Å². The minimum atomic E-state index is -0.461. The number of halogens is 2. The van der Waals surface area contributed by atoms with Crippen LogP contribution in [0.1, 0.15) is 34.7 Å². The van der Waals surface area contributed by atoms with Crippen molar-refractivity contribution < 1.29 is 23.2 Å². The predicted octanol–water partition coefficient (Wildman–Crippen LogP) is 4.09. The van der Waals surface area contributed by atoms with Crippen LogP contribution in [-0.4, -0.2) is 28.6 Å². The molecule has 30 heavy (non-hydrogen) atoms. The van der Waals surface area contributed by atoms with Crippen LogP contribution in [0.25, 0.3) is 11.4 Å². The van der Waals surface area contributed by atoms with Gasteiger partial charge >= 0.3 is 5.97 Å². The molecule has 3 aromatic rings. The van der Waals surface area contributed by atoms with Gasteiger partial charge in [0.2, 0.25) is 5.82 Å². The summed E-state index contributed by atoms with van der Waals surface area (Å²) in [4.78, 5) is 27.9. The average molecular weight is 432 g/mol. The normalized spacial score (nSPS) is 10.6. The number of hydrogen-bond acceptors (Lipinski definition) is 6. The average Bonchev–Trinajstić information content (AvgIpc) is 3.21. The molecule has 0 aliphatic carbocycles. The molecule has 0 spiro atoms. The Hall–Kier alpha value is -3.26. The highest BCUT2D eigenvalue weighted by Gasteiger charge is 2.12. The predicted molar refractivity (Wildman–Crippen MR) is 107 cm³/mol. The van der Waals surface area contributed by atoms with Crippen molar-refractivity contribution in [2.24, 2.45) is 0 Å². The van der Waals surface area contributed by atoms with Gasteiger partial charge in [0.15, 0.2) is 6.61 Å². The van der Waals surface area contributed by atoms with E-state index in [0.717, 1.165) is 0 Å². The number of hydrogen-bond donors (Lipinski definition) is 1. The van der Waals surface area contributed by atoms with Gasteiger partial charge in [0, 0.05) is 29.1 Å². The summed E-state index contributed by atoms with van der Waals surface area (Å²) in [7, 11) is 0. The first-order valence-electron chi connectivity index (χ1n) is 9.21. The standard InChI is InChI=1S/C21H19ClFN3O4/c1-13-4-5-15(11-17(13)23)20-25-18(30-26-20)12-29-19(27)3-2-10-24-21(28)14-6-8-16(22)9-7-14/h4-9,11H,2-3,10,12H2,1H3,(H,24,28). The number of aromatic nitrogens is 2. The largest absolute Gasteiger partial charge is 0.456 e. The van der Waals surface area contributed by atoms with Gasteiger partial charge in [-0.25, -0.2) is 4.39 Å². The van der Waals surface area contributed by atoms with Crippen LogP contribution in [0.2, 0.25) is 5.02 Å². The Morgan fingerprint density at radius 1 is 1.20 bits per heavy atom.